The van der Waals surface area contributed by atoms with Gasteiger partial charge in [-0.05, 0) is 109 Å². The van der Waals surface area contributed by atoms with E-state index in [-0.39, 0.29) is 81.3 Å². The van der Waals surface area contributed by atoms with Gasteiger partial charge in [0, 0.05) is 36.5 Å². The summed E-state index contributed by atoms with van der Waals surface area (Å²) in [6.07, 6.45) is 3.30. The quantitative estimate of drug-likeness (QED) is 0.0646. The molecule has 440 valence electrons. The molecule has 1 aromatic carbocycles. The summed E-state index contributed by atoms with van der Waals surface area (Å²) >= 11 is 3.50. The molecule has 0 spiro atoms. The van der Waals surface area contributed by atoms with Crippen molar-refractivity contribution in [3.63, 3.8) is 0 Å². The third-order valence-corrected chi connectivity index (χ3v) is 15.3. The van der Waals surface area contributed by atoms with Crippen LogP contribution < -0.4 is 37.2 Å². The number of carbonyl (C=O) groups excluding carboxylic acids is 9. The summed E-state index contributed by atoms with van der Waals surface area (Å²) < 4.78 is 43.7. The third kappa shape index (κ3) is 17.6. The molecule has 10 N–H and O–H groups in total. The van der Waals surface area contributed by atoms with Crippen LogP contribution in [-0.4, -0.2) is 141 Å². The van der Waals surface area contributed by atoms with E-state index in [2.05, 4.69) is 63.1 Å². The Labute approximate surface area is 473 Å². The van der Waals surface area contributed by atoms with Crippen LogP contribution in [0.4, 0.5) is 0 Å². The van der Waals surface area contributed by atoms with E-state index >= 15 is 0 Å². The van der Waals surface area contributed by atoms with Gasteiger partial charge in [-0.25, -0.2) is 9.17 Å². The van der Waals surface area contributed by atoms with Gasteiger partial charge in [-0.2, -0.15) is 8.42 Å². The molecule has 80 heavy (non-hydrogen) atoms. The van der Waals surface area contributed by atoms with Gasteiger partial charge in [0.2, 0.25) is 47.1 Å². The first-order valence-corrected chi connectivity index (χ1v) is 29.1. The second-order valence-corrected chi connectivity index (χ2v) is 22.7. The van der Waals surface area contributed by atoms with Crippen molar-refractivity contribution in [2.24, 2.45) is 17.8 Å². The fourth-order valence-corrected chi connectivity index (χ4v) is 10.5. The van der Waals surface area contributed by atoms with Crippen LogP contribution in [0.1, 0.15) is 136 Å². The first-order chi connectivity index (χ1) is 37.7. The fraction of sp³-hybridized carbons (Fsp3) is 0.585. The van der Waals surface area contributed by atoms with Crippen molar-refractivity contribution in [2.45, 2.75) is 168 Å². The number of phenolic OH excluding ortho intramolecular Hbond substituents is 1. The number of aromatic nitrogens is 2. The largest absolute Gasteiger partial charge is 0.508 e. The Bertz CT molecular complexity index is 2890. The molecule has 0 aliphatic carbocycles. The maximum atomic E-state index is 14.9. The molecule has 0 radical (unpaired) electrons. The number of benzene rings is 1. The first kappa shape index (κ1) is 64.1. The van der Waals surface area contributed by atoms with E-state index in [0.717, 1.165) is 6.08 Å². The maximum absolute atomic E-state index is 14.9. The average Bonchev–Trinajstić information content (AvgIpc) is 4.17. The summed E-state index contributed by atoms with van der Waals surface area (Å²) in [6, 6.07) is -4.06. The summed E-state index contributed by atoms with van der Waals surface area (Å²) in [5.41, 5.74) is 1.34. The summed E-state index contributed by atoms with van der Waals surface area (Å²) in [6.45, 7) is 13.4. The summed E-state index contributed by atoms with van der Waals surface area (Å²) in [7, 11) is -5.09. The molecule has 10 atom stereocenters. The summed E-state index contributed by atoms with van der Waals surface area (Å²) in [4.78, 5) is 135. The molecular weight excluding hydrogens is 1130 g/mol. The lowest BCUT2D eigenvalue weighted by molar-refractivity contribution is -0.144. The number of aromatic amines is 1. The Hall–Kier alpha value is -6.71. The lowest BCUT2D eigenvalue weighted by atomic mass is 9.95. The zero-order chi connectivity index (χ0) is 59.2. The highest BCUT2D eigenvalue weighted by Crippen LogP contribution is 2.31. The number of hydrogen-bond donors (Lipinski definition) is 10. The van der Waals surface area contributed by atoms with Crippen molar-refractivity contribution in [3.05, 3.63) is 52.3 Å². The van der Waals surface area contributed by atoms with Gasteiger partial charge < -0.3 is 56.6 Å². The zero-order valence-corrected chi connectivity index (χ0v) is 48.6. The Kier molecular flexibility index (Phi) is 23.4. The minimum absolute atomic E-state index is 0.0130. The lowest BCUT2D eigenvalue weighted by Gasteiger charge is -2.31. The molecule has 1 fully saturated rings. The van der Waals surface area contributed by atoms with Gasteiger partial charge in [0.15, 0.2) is 6.10 Å². The van der Waals surface area contributed by atoms with Crippen molar-refractivity contribution < 1.29 is 69.8 Å². The van der Waals surface area contributed by atoms with Crippen molar-refractivity contribution in [3.8, 4) is 5.75 Å². The zero-order valence-electron chi connectivity index (χ0n) is 46.2. The van der Waals surface area contributed by atoms with Crippen molar-refractivity contribution in [1.29, 1.82) is 0 Å². The van der Waals surface area contributed by atoms with Gasteiger partial charge >= 0.3 is 10.4 Å². The SMILES string of the molecule is CCC[C@H](NC(=O)[C@@H](NC(=O)[C@@H](OS(=O)(=O)O)[C@@H](C)CC)C(C)CC)C(=O)N[C@H]1CCCNC(=O)[C@H](Cc2c(Br)[nH]c3ccc(O)cc23)NC(=O)/C=C\c2coc(n2)[C@H](C)NC(=O)C(=O)[C@H](CC(C)C)NC(=O)[C@@H]2CCCN2C1=O. The van der Waals surface area contributed by atoms with Crippen molar-refractivity contribution in [1.82, 2.24) is 52.1 Å². The van der Waals surface area contributed by atoms with E-state index in [1.165, 1.54) is 43.2 Å². The van der Waals surface area contributed by atoms with Crippen LogP contribution in [0.25, 0.3) is 17.0 Å². The number of oxazole rings is 1. The van der Waals surface area contributed by atoms with Crippen LogP contribution in [-0.2, 0) is 64.2 Å². The Morgan fingerprint density at radius 2 is 1.61 bits per heavy atom. The number of nitrogens with one attached hydrogen (secondary N) is 8. The molecule has 4 heterocycles. The molecule has 3 aromatic rings. The predicted molar refractivity (Wildman–Crippen MR) is 295 cm³/mol. The molecule has 2 aliphatic rings. The highest BCUT2D eigenvalue weighted by Gasteiger charge is 2.41. The standard InChI is InChI=1S/C53H75BrN10O15S/c1-9-14-36(60-49(71)42(28(6)10-2)63-51(73)44(29(7)11-3)79-80(75,76)77)47(69)61-37-15-12-21-55-46(68)39(25-34-33-24-32(65)18-19-35(33)59-45(34)54)58-41(66)20-17-31-26-78-52(57-31)30(8)56-50(72)43(67)38(23-27(4)5)62-48(70)40-16-13-22-64(40)53(37)74/h17-20,24,26-30,36-40,42,44,59,65H,9-16,21-23,25H2,1-8H3,(H,55,68)(H,56,72)(H,58,66)(H,60,71)(H,61,69)(H,62,70)(H,63,73)(H,75,76,77)/b20-17-/t28?,29-,30-,36-,37-,38-,39-,40-,42-,44-/m0/s1. The minimum atomic E-state index is -5.09. The smallest absolute Gasteiger partial charge is 0.398 e. The number of fused-ring (bicyclic) bond motifs is 4. The van der Waals surface area contributed by atoms with Gasteiger partial charge in [-0.1, -0.05) is 67.7 Å². The molecule has 1 unspecified atom stereocenters. The molecule has 1 saturated heterocycles. The van der Waals surface area contributed by atoms with Gasteiger partial charge in [0.25, 0.3) is 11.8 Å². The van der Waals surface area contributed by atoms with E-state index in [9.17, 15) is 61.2 Å². The molecule has 27 heteroatoms. The van der Waals surface area contributed by atoms with Crippen molar-refractivity contribution >= 4 is 96.3 Å². The number of H-pyrrole nitrogens is 1. The topological polar surface area (TPSA) is 367 Å². The Morgan fingerprint density at radius 3 is 2.27 bits per heavy atom. The van der Waals surface area contributed by atoms with E-state index in [4.69, 9.17) is 8.60 Å². The minimum Gasteiger partial charge on any atom is -0.508 e. The van der Waals surface area contributed by atoms with Crippen LogP contribution in [0.15, 0.2) is 39.6 Å². The number of ketones is 1. The van der Waals surface area contributed by atoms with Gasteiger partial charge in [-0.15, -0.1) is 0 Å². The van der Waals surface area contributed by atoms with Gasteiger partial charge in [-0.3, -0.25) is 47.7 Å². The van der Waals surface area contributed by atoms with Crippen LogP contribution in [0, 0.1) is 17.8 Å². The van der Waals surface area contributed by atoms with Crippen LogP contribution in [0.3, 0.4) is 0 Å². The lowest BCUT2D eigenvalue weighted by Crippen LogP contribution is -2.60. The Morgan fingerprint density at radius 1 is 0.900 bits per heavy atom. The Balaban J connectivity index is 1.48. The van der Waals surface area contributed by atoms with Crippen LogP contribution in [0.2, 0.25) is 0 Å². The van der Waals surface area contributed by atoms with Crippen molar-refractivity contribution in [2.75, 3.05) is 13.1 Å². The van der Waals surface area contributed by atoms with Gasteiger partial charge in [0.1, 0.15) is 54.0 Å². The van der Waals surface area contributed by atoms with Gasteiger partial charge in [0.05, 0.1) is 10.6 Å². The highest BCUT2D eigenvalue weighted by atomic mass is 79.9. The fourth-order valence-electron chi connectivity index (χ4n) is 9.40. The van der Waals surface area contributed by atoms with Crippen LogP contribution in [0.5, 0.6) is 5.75 Å². The number of hydrogen-bond acceptors (Lipinski definition) is 15. The molecule has 5 rings (SSSR count). The summed E-state index contributed by atoms with van der Waals surface area (Å²) in [5, 5.41) is 29.7. The normalized spacial score (nSPS) is 22.6. The molecule has 2 bridgehead atoms. The number of phenols is 1. The highest BCUT2D eigenvalue weighted by molar-refractivity contribution is 9.10. The molecule has 2 aromatic heterocycles. The van der Waals surface area contributed by atoms with E-state index in [1.807, 2.05) is 0 Å². The second-order valence-electron chi connectivity index (χ2n) is 20.8. The molecule has 0 saturated carbocycles. The van der Waals surface area contributed by atoms with E-state index < -0.39 is 124 Å². The van der Waals surface area contributed by atoms with E-state index in [1.54, 1.807) is 47.6 Å². The number of carbonyl (C=O) groups is 9. The number of halogens is 1. The number of amides is 8. The summed E-state index contributed by atoms with van der Waals surface area (Å²) in [5.74, 6) is -8.96. The number of nitrogens with zero attached hydrogens (tertiary/aromatic N) is 2. The first-order valence-electron chi connectivity index (χ1n) is 27.0. The van der Waals surface area contributed by atoms with E-state index in [0.29, 0.717) is 40.3 Å². The third-order valence-electron chi connectivity index (χ3n) is 14.2. The number of rotatable bonds is 18. The maximum Gasteiger partial charge on any atom is 0.398 e. The monoisotopic (exact) mass is 1200 g/mol. The molecule has 8 amide bonds. The molecular formula is C53H75BrN10O15S. The number of Topliss-reactive ketones (excluding diaryl/α,β-unsaturated/α-hetero) is 1. The second kappa shape index (κ2) is 29.1. The average molecular weight is 1200 g/mol. The molecule has 25 nitrogen and oxygen atoms in total. The number of aromatic hydroxyl groups is 1. The van der Waals surface area contributed by atoms with Crippen LogP contribution >= 0.6 is 15.9 Å². The predicted octanol–water partition coefficient (Wildman–Crippen LogP) is 3.08. The molecule has 2 aliphatic heterocycles.